The molecule has 6 heteroatoms. The zero-order valence-electron chi connectivity index (χ0n) is 19.1. The first-order valence-corrected chi connectivity index (χ1v) is 11.2. The molecule has 0 spiro atoms. The number of rotatable bonds is 6. The fourth-order valence-electron chi connectivity index (χ4n) is 4.20. The van der Waals surface area contributed by atoms with E-state index in [0.717, 1.165) is 45.0 Å². The van der Waals surface area contributed by atoms with Gasteiger partial charge in [0.15, 0.2) is 0 Å². The number of imidazole rings is 2. The highest BCUT2D eigenvalue weighted by Crippen LogP contribution is 2.28. The summed E-state index contributed by atoms with van der Waals surface area (Å²) in [7, 11) is 0. The summed E-state index contributed by atoms with van der Waals surface area (Å²) in [5.74, 6) is 0.845. The minimum absolute atomic E-state index is 0.0282. The van der Waals surface area contributed by atoms with E-state index >= 15 is 0 Å². The zero-order valence-corrected chi connectivity index (χ0v) is 19.1. The van der Waals surface area contributed by atoms with E-state index in [1.165, 1.54) is 11.1 Å². The van der Waals surface area contributed by atoms with Crippen molar-refractivity contribution in [3.63, 3.8) is 0 Å². The van der Waals surface area contributed by atoms with Gasteiger partial charge in [-0.25, -0.2) is 9.97 Å². The lowest BCUT2D eigenvalue weighted by molar-refractivity contribution is -0.120. The van der Waals surface area contributed by atoms with Crippen LogP contribution < -0.4 is 5.32 Å². The lowest BCUT2D eigenvalue weighted by Gasteiger charge is -2.08. The lowest BCUT2D eigenvalue weighted by Crippen LogP contribution is -2.28. The molecular formula is C27H27N5O. The third-order valence-electron chi connectivity index (χ3n) is 6.17. The molecule has 0 aliphatic heterocycles. The molecule has 0 atom stereocenters. The van der Waals surface area contributed by atoms with E-state index in [9.17, 15) is 4.79 Å². The van der Waals surface area contributed by atoms with Crippen LogP contribution in [0.4, 0.5) is 0 Å². The SMILES string of the molecule is Cc1ccc(-c2nc3c(C)cccn3c2CC(=O)NCCc2nc3ccccc3[nH]2)cc1C. The number of nitrogens with one attached hydrogen (secondary N) is 2. The Bertz CT molecular complexity index is 1440. The smallest absolute Gasteiger partial charge is 0.226 e. The van der Waals surface area contributed by atoms with Crippen LogP contribution in [-0.4, -0.2) is 31.8 Å². The van der Waals surface area contributed by atoms with E-state index in [0.29, 0.717) is 13.0 Å². The molecule has 33 heavy (non-hydrogen) atoms. The predicted octanol–water partition coefficient (Wildman–Crippen LogP) is 4.70. The Balaban J connectivity index is 1.37. The maximum absolute atomic E-state index is 12.9. The summed E-state index contributed by atoms with van der Waals surface area (Å²) in [6, 6.07) is 18.3. The van der Waals surface area contributed by atoms with Gasteiger partial charge in [0, 0.05) is 24.7 Å². The second kappa shape index (κ2) is 8.54. The molecule has 3 heterocycles. The number of hydrogen-bond acceptors (Lipinski definition) is 3. The zero-order chi connectivity index (χ0) is 22.9. The average molecular weight is 438 g/mol. The van der Waals surface area contributed by atoms with Crippen LogP contribution in [0.15, 0.2) is 60.8 Å². The van der Waals surface area contributed by atoms with E-state index in [1.54, 1.807) is 0 Å². The minimum Gasteiger partial charge on any atom is -0.355 e. The minimum atomic E-state index is -0.0282. The molecule has 0 bridgehead atoms. The van der Waals surface area contributed by atoms with Gasteiger partial charge in [-0.1, -0.05) is 30.3 Å². The van der Waals surface area contributed by atoms with Crippen LogP contribution in [-0.2, 0) is 17.6 Å². The van der Waals surface area contributed by atoms with E-state index < -0.39 is 0 Å². The molecule has 2 aromatic carbocycles. The van der Waals surface area contributed by atoms with Gasteiger partial charge < -0.3 is 14.7 Å². The molecule has 0 radical (unpaired) electrons. The molecular weight excluding hydrogens is 410 g/mol. The molecule has 5 aromatic rings. The van der Waals surface area contributed by atoms with Crippen LogP contribution in [0, 0.1) is 20.8 Å². The number of hydrogen-bond donors (Lipinski definition) is 2. The number of aromatic nitrogens is 4. The van der Waals surface area contributed by atoms with Crippen molar-refractivity contribution in [2.24, 2.45) is 0 Å². The van der Waals surface area contributed by atoms with Gasteiger partial charge in [-0.3, -0.25) is 4.79 Å². The van der Waals surface area contributed by atoms with Crippen molar-refractivity contribution in [1.82, 2.24) is 24.7 Å². The number of carbonyl (C=O) groups excluding carboxylic acids is 1. The third-order valence-corrected chi connectivity index (χ3v) is 6.17. The molecule has 5 rings (SSSR count). The Kier molecular flexibility index (Phi) is 5.42. The number of pyridine rings is 1. The highest BCUT2D eigenvalue weighted by Gasteiger charge is 2.18. The monoisotopic (exact) mass is 437 g/mol. The number of benzene rings is 2. The summed E-state index contributed by atoms with van der Waals surface area (Å²) >= 11 is 0. The number of carbonyl (C=O) groups is 1. The summed E-state index contributed by atoms with van der Waals surface area (Å²) in [6.07, 6.45) is 2.89. The number of aromatic amines is 1. The standard InChI is InChI=1S/C27H27N5O/c1-17-10-11-20(15-19(17)3)26-23(32-14-6-7-18(2)27(32)31-26)16-25(33)28-13-12-24-29-21-8-4-5-9-22(21)30-24/h4-11,14-15H,12-13,16H2,1-3H3,(H,28,33)(H,29,30). The number of H-pyrrole nitrogens is 1. The van der Waals surface area contributed by atoms with Gasteiger partial charge >= 0.3 is 0 Å². The highest BCUT2D eigenvalue weighted by atomic mass is 16.1. The molecule has 3 aromatic heterocycles. The average Bonchev–Trinajstić information content (AvgIpc) is 3.38. The number of fused-ring (bicyclic) bond motifs is 2. The highest BCUT2D eigenvalue weighted by molar-refractivity contribution is 5.82. The van der Waals surface area contributed by atoms with Crippen molar-refractivity contribution in [3.05, 3.63) is 89.0 Å². The molecule has 166 valence electrons. The van der Waals surface area contributed by atoms with Gasteiger partial charge in [-0.05, 0) is 61.7 Å². The Morgan fingerprint density at radius 2 is 1.82 bits per heavy atom. The third kappa shape index (κ3) is 4.12. The predicted molar refractivity (Wildman–Crippen MR) is 131 cm³/mol. The maximum atomic E-state index is 12.9. The topological polar surface area (TPSA) is 75.1 Å². The van der Waals surface area contributed by atoms with Crippen LogP contribution in [0.2, 0.25) is 0 Å². The van der Waals surface area contributed by atoms with Crippen LogP contribution >= 0.6 is 0 Å². The van der Waals surface area contributed by atoms with Crippen LogP contribution in [0.1, 0.15) is 28.2 Å². The van der Waals surface area contributed by atoms with Gasteiger partial charge in [0.25, 0.3) is 0 Å². The van der Waals surface area contributed by atoms with E-state index in [1.807, 2.05) is 53.9 Å². The van der Waals surface area contributed by atoms with E-state index in [2.05, 4.69) is 47.3 Å². The van der Waals surface area contributed by atoms with Gasteiger partial charge in [-0.2, -0.15) is 0 Å². The molecule has 1 amide bonds. The van der Waals surface area contributed by atoms with Crippen LogP contribution in [0.25, 0.3) is 27.9 Å². The summed E-state index contributed by atoms with van der Waals surface area (Å²) in [5.41, 5.74) is 9.17. The van der Waals surface area contributed by atoms with Gasteiger partial charge in [-0.15, -0.1) is 0 Å². The van der Waals surface area contributed by atoms with Crippen molar-refractivity contribution in [1.29, 1.82) is 0 Å². The fraction of sp³-hybridized carbons (Fsp3) is 0.222. The molecule has 0 aliphatic carbocycles. The van der Waals surface area contributed by atoms with Crippen molar-refractivity contribution >= 4 is 22.6 Å². The van der Waals surface area contributed by atoms with Crippen LogP contribution in [0.3, 0.4) is 0 Å². The van der Waals surface area contributed by atoms with Crippen molar-refractivity contribution < 1.29 is 4.79 Å². The molecule has 0 unspecified atom stereocenters. The van der Waals surface area contributed by atoms with Gasteiger partial charge in [0.1, 0.15) is 11.5 Å². The molecule has 2 N–H and O–H groups in total. The number of amides is 1. The molecule has 0 fully saturated rings. The first-order chi connectivity index (χ1) is 16.0. The first-order valence-electron chi connectivity index (χ1n) is 11.2. The van der Waals surface area contributed by atoms with Crippen molar-refractivity contribution in [3.8, 4) is 11.3 Å². The number of aryl methyl sites for hydroxylation is 3. The van der Waals surface area contributed by atoms with E-state index in [-0.39, 0.29) is 12.3 Å². The number of para-hydroxylation sites is 2. The summed E-state index contributed by atoms with van der Waals surface area (Å²) in [4.78, 5) is 25.7. The Morgan fingerprint density at radius 1 is 0.970 bits per heavy atom. The quantitative estimate of drug-likeness (QED) is 0.404. The van der Waals surface area contributed by atoms with Crippen molar-refractivity contribution in [2.45, 2.75) is 33.6 Å². The fourth-order valence-corrected chi connectivity index (χ4v) is 4.20. The van der Waals surface area contributed by atoms with Gasteiger partial charge in [0.05, 0.1) is 28.8 Å². The normalized spacial score (nSPS) is 11.4. The van der Waals surface area contributed by atoms with E-state index in [4.69, 9.17) is 4.98 Å². The summed E-state index contributed by atoms with van der Waals surface area (Å²) in [6.45, 7) is 6.77. The Morgan fingerprint density at radius 3 is 2.64 bits per heavy atom. The summed E-state index contributed by atoms with van der Waals surface area (Å²) in [5, 5.41) is 3.05. The molecule has 6 nitrogen and oxygen atoms in total. The Hall–Kier alpha value is -3.93. The molecule has 0 saturated heterocycles. The molecule has 0 saturated carbocycles. The first kappa shape index (κ1) is 20.9. The molecule has 0 aliphatic rings. The van der Waals surface area contributed by atoms with Crippen molar-refractivity contribution in [2.75, 3.05) is 6.54 Å². The van der Waals surface area contributed by atoms with Crippen LogP contribution in [0.5, 0.6) is 0 Å². The second-order valence-corrected chi connectivity index (χ2v) is 8.57. The second-order valence-electron chi connectivity index (χ2n) is 8.57. The Labute approximate surface area is 192 Å². The summed E-state index contributed by atoms with van der Waals surface area (Å²) < 4.78 is 2.04. The number of nitrogens with zero attached hydrogens (tertiary/aromatic N) is 3. The maximum Gasteiger partial charge on any atom is 0.226 e. The van der Waals surface area contributed by atoms with Gasteiger partial charge in [0.2, 0.25) is 5.91 Å². The largest absolute Gasteiger partial charge is 0.355 e. The lowest BCUT2D eigenvalue weighted by atomic mass is 10.0.